The fourth-order valence-electron chi connectivity index (χ4n) is 2.66. The average molecular weight is 338 g/mol. The van der Waals surface area contributed by atoms with Gasteiger partial charge in [-0.15, -0.1) is 0 Å². The van der Waals surface area contributed by atoms with E-state index in [0.717, 1.165) is 5.56 Å². The summed E-state index contributed by atoms with van der Waals surface area (Å²) in [5, 5.41) is 2.61. The van der Waals surface area contributed by atoms with Gasteiger partial charge in [0.2, 0.25) is 0 Å². The molecule has 0 bridgehead atoms. The van der Waals surface area contributed by atoms with E-state index in [1.807, 2.05) is 30.3 Å². The normalized spacial score (nSPS) is 15.4. The van der Waals surface area contributed by atoms with Gasteiger partial charge in [0.15, 0.2) is 11.5 Å². The Morgan fingerprint density at radius 3 is 2.44 bits per heavy atom. The van der Waals surface area contributed by atoms with E-state index in [0.29, 0.717) is 17.1 Å². The third-order valence-corrected chi connectivity index (χ3v) is 3.88. The highest BCUT2D eigenvalue weighted by Gasteiger charge is 2.33. The van der Waals surface area contributed by atoms with Gasteiger partial charge in [0.25, 0.3) is 5.91 Å². The summed E-state index contributed by atoms with van der Waals surface area (Å²) in [7, 11) is 3.06. The van der Waals surface area contributed by atoms with Gasteiger partial charge in [-0.2, -0.15) is 0 Å². The quantitative estimate of drug-likeness (QED) is 0.672. The number of urea groups is 1. The van der Waals surface area contributed by atoms with E-state index in [1.54, 1.807) is 31.4 Å². The van der Waals surface area contributed by atoms with Crippen LogP contribution >= 0.6 is 0 Å². The van der Waals surface area contributed by atoms with Gasteiger partial charge in [-0.05, 0) is 17.7 Å². The second-order valence-corrected chi connectivity index (χ2v) is 5.45. The van der Waals surface area contributed by atoms with Crippen molar-refractivity contribution in [2.24, 2.45) is 0 Å². The largest absolute Gasteiger partial charge is 0.493 e. The summed E-state index contributed by atoms with van der Waals surface area (Å²) in [5.41, 5.74) is 1.73. The molecule has 0 unspecified atom stereocenters. The van der Waals surface area contributed by atoms with Crippen LogP contribution in [-0.4, -0.2) is 31.1 Å². The van der Waals surface area contributed by atoms with Crippen LogP contribution in [0.15, 0.2) is 54.2 Å². The lowest BCUT2D eigenvalue weighted by Gasteiger charge is -2.11. The first-order valence-electron chi connectivity index (χ1n) is 7.73. The summed E-state index contributed by atoms with van der Waals surface area (Å²) < 4.78 is 10.6. The predicted molar refractivity (Wildman–Crippen MR) is 93.0 cm³/mol. The molecule has 0 radical (unpaired) electrons. The van der Waals surface area contributed by atoms with Crippen molar-refractivity contribution in [3.05, 3.63) is 65.4 Å². The van der Waals surface area contributed by atoms with Crippen molar-refractivity contribution in [2.45, 2.75) is 6.54 Å². The first-order valence-corrected chi connectivity index (χ1v) is 7.73. The molecule has 0 spiro atoms. The first kappa shape index (κ1) is 16.6. The van der Waals surface area contributed by atoms with E-state index >= 15 is 0 Å². The summed E-state index contributed by atoms with van der Waals surface area (Å²) in [5.74, 6) is 0.676. The Hall–Kier alpha value is -3.28. The molecule has 1 aliphatic heterocycles. The van der Waals surface area contributed by atoms with Gasteiger partial charge in [-0.25, -0.2) is 4.79 Å². The molecular weight excluding hydrogens is 320 g/mol. The molecule has 6 nitrogen and oxygen atoms in total. The molecule has 0 aliphatic carbocycles. The third-order valence-electron chi connectivity index (χ3n) is 3.88. The lowest BCUT2D eigenvalue weighted by Crippen LogP contribution is -2.30. The zero-order valence-corrected chi connectivity index (χ0v) is 14.0. The third kappa shape index (κ3) is 3.33. The minimum Gasteiger partial charge on any atom is -0.493 e. The van der Waals surface area contributed by atoms with E-state index in [1.165, 1.54) is 12.0 Å². The highest BCUT2D eigenvalue weighted by molar-refractivity contribution is 6.14. The molecule has 6 heteroatoms. The van der Waals surface area contributed by atoms with Crippen molar-refractivity contribution in [3.8, 4) is 11.5 Å². The molecule has 1 aliphatic rings. The number of amides is 3. The Kier molecular flexibility index (Phi) is 4.70. The molecule has 1 saturated heterocycles. The number of hydrogen-bond acceptors (Lipinski definition) is 4. The first-order chi connectivity index (χ1) is 12.1. The molecule has 2 aromatic rings. The Balaban J connectivity index is 1.88. The lowest BCUT2D eigenvalue weighted by molar-refractivity contribution is -0.123. The van der Waals surface area contributed by atoms with Gasteiger partial charge in [0.05, 0.1) is 20.8 Å². The topological polar surface area (TPSA) is 67.9 Å². The van der Waals surface area contributed by atoms with Gasteiger partial charge in [0, 0.05) is 5.56 Å². The zero-order valence-electron chi connectivity index (χ0n) is 14.0. The van der Waals surface area contributed by atoms with Crippen molar-refractivity contribution in [2.75, 3.05) is 14.2 Å². The molecule has 0 aromatic heterocycles. The number of nitrogens with zero attached hydrogens (tertiary/aromatic N) is 1. The van der Waals surface area contributed by atoms with E-state index in [9.17, 15) is 9.59 Å². The number of rotatable bonds is 5. The summed E-state index contributed by atoms with van der Waals surface area (Å²) in [6.07, 6.45) is 1.59. The Morgan fingerprint density at radius 1 is 1.00 bits per heavy atom. The number of benzene rings is 2. The van der Waals surface area contributed by atoms with Crippen LogP contribution in [0.5, 0.6) is 11.5 Å². The highest BCUT2D eigenvalue weighted by Crippen LogP contribution is 2.32. The molecule has 1 fully saturated rings. The molecular formula is C19H18N2O4. The van der Waals surface area contributed by atoms with E-state index in [2.05, 4.69) is 5.32 Å². The van der Waals surface area contributed by atoms with Crippen molar-refractivity contribution < 1.29 is 19.1 Å². The number of imide groups is 1. The number of nitrogens with one attached hydrogen (secondary N) is 1. The maximum atomic E-state index is 12.6. The van der Waals surface area contributed by atoms with Gasteiger partial charge in [-0.3, -0.25) is 9.69 Å². The number of methoxy groups -OCH3 is 2. The van der Waals surface area contributed by atoms with Crippen LogP contribution in [0.4, 0.5) is 4.79 Å². The van der Waals surface area contributed by atoms with E-state index in [4.69, 9.17) is 9.47 Å². The number of hydrogen-bond donors (Lipinski definition) is 1. The molecule has 0 saturated carbocycles. The van der Waals surface area contributed by atoms with Crippen LogP contribution in [0.2, 0.25) is 0 Å². The fraction of sp³-hybridized carbons (Fsp3) is 0.158. The molecule has 0 atom stereocenters. The predicted octanol–water partition coefficient (Wildman–Crippen LogP) is 2.80. The van der Waals surface area contributed by atoms with Gasteiger partial charge in [0.1, 0.15) is 5.70 Å². The van der Waals surface area contributed by atoms with Crippen LogP contribution < -0.4 is 14.8 Å². The Labute approximate surface area is 145 Å². The molecule has 128 valence electrons. The smallest absolute Gasteiger partial charge is 0.329 e. The van der Waals surface area contributed by atoms with Crippen LogP contribution in [-0.2, 0) is 11.3 Å². The van der Waals surface area contributed by atoms with Crippen molar-refractivity contribution in [3.63, 3.8) is 0 Å². The minimum atomic E-state index is -0.443. The second kappa shape index (κ2) is 7.09. The van der Waals surface area contributed by atoms with Crippen LogP contribution in [0.25, 0.3) is 6.08 Å². The fourth-order valence-corrected chi connectivity index (χ4v) is 2.66. The number of ether oxygens (including phenoxy) is 2. The molecule has 1 N–H and O–H groups in total. The average Bonchev–Trinajstić information content (AvgIpc) is 2.90. The van der Waals surface area contributed by atoms with E-state index < -0.39 is 6.03 Å². The highest BCUT2D eigenvalue weighted by atomic mass is 16.5. The molecule has 3 amide bonds. The summed E-state index contributed by atoms with van der Waals surface area (Å²) in [6, 6.07) is 14.2. The minimum absolute atomic E-state index is 0.201. The lowest BCUT2D eigenvalue weighted by atomic mass is 10.1. The monoisotopic (exact) mass is 338 g/mol. The Morgan fingerprint density at radius 2 is 1.76 bits per heavy atom. The van der Waals surface area contributed by atoms with Crippen LogP contribution in [0.1, 0.15) is 11.1 Å². The summed E-state index contributed by atoms with van der Waals surface area (Å²) in [4.78, 5) is 25.9. The SMILES string of the molecule is COc1cccc(/C=C2/NC(=O)N(Cc3ccccc3)C2=O)c1OC. The summed E-state index contributed by atoms with van der Waals surface area (Å²) in [6.45, 7) is 0.220. The van der Waals surface area contributed by atoms with Crippen molar-refractivity contribution in [1.82, 2.24) is 10.2 Å². The maximum absolute atomic E-state index is 12.6. The molecule has 25 heavy (non-hydrogen) atoms. The number of carbonyl (C=O) groups is 2. The van der Waals surface area contributed by atoms with Crippen LogP contribution in [0.3, 0.4) is 0 Å². The molecule has 3 rings (SSSR count). The standard InChI is InChI=1S/C19H18N2O4/c1-24-16-10-6-9-14(17(16)25-2)11-15-18(22)21(19(23)20-15)12-13-7-4-3-5-8-13/h3-11H,12H2,1-2H3,(H,20,23)/b15-11+. The second-order valence-electron chi connectivity index (χ2n) is 5.45. The molecule has 2 aromatic carbocycles. The van der Waals surface area contributed by atoms with Crippen LogP contribution in [0, 0.1) is 0 Å². The zero-order chi connectivity index (χ0) is 17.8. The van der Waals surface area contributed by atoms with Crippen molar-refractivity contribution in [1.29, 1.82) is 0 Å². The van der Waals surface area contributed by atoms with Gasteiger partial charge >= 0.3 is 6.03 Å². The van der Waals surface area contributed by atoms with E-state index in [-0.39, 0.29) is 18.1 Å². The van der Waals surface area contributed by atoms with Crippen molar-refractivity contribution >= 4 is 18.0 Å². The number of carbonyl (C=O) groups excluding carboxylic acids is 2. The summed E-state index contributed by atoms with van der Waals surface area (Å²) >= 11 is 0. The maximum Gasteiger partial charge on any atom is 0.329 e. The van der Waals surface area contributed by atoms with Gasteiger partial charge < -0.3 is 14.8 Å². The van der Waals surface area contributed by atoms with Gasteiger partial charge in [-0.1, -0.05) is 42.5 Å². The Bertz CT molecular complexity index is 831. The number of para-hydroxylation sites is 1. The molecule has 1 heterocycles.